The fourth-order valence-corrected chi connectivity index (χ4v) is 2.51. The average molecular weight is 247 g/mol. The van der Waals surface area contributed by atoms with Crippen molar-refractivity contribution < 1.29 is 4.74 Å². The third-order valence-corrected chi connectivity index (χ3v) is 4.07. The van der Waals surface area contributed by atoms with E-state index >= 15 is 0 Å². The first-order valence-electron chi connectivity index (χ1n) is 6.22. The molecule has 0 aromatic heterocycles. The Kier molecular flexibility index (Phi) is 8.52. The van der Waals surface area contributed by atoms with Crippen molar-refractivity contribution in [1.29, 1.82) is 0 Å². The van der Waals surface area contributed by atoms with E-state index in [0.717, 1.165) is 25.5 Å². The first-order chi connectivity index (χ1) is 7.37. The zero-order chi connectivity index (χ0) is 12.6. The Labute approximate surface area is 106 Å². The van der Waals surface area contributed by atoms with Crippen LogP contribution in [0.5, 0.6) is 0 Å². The van der Waals surface area contributed by atoms with Crippen LogP contribution in [0.25, 0.3) is 0 Å². The lowest BCUT2D eigenvalue weighted by Crippen LogP contribution is -2.41. The molecule has 0 fully saturated rings. The van der Waals surface area contributed by atoms with Crippen LogP contribution < -0.4 is 5.32 Å². The van der Waals surface area contributed by atoms with Gasteiger partial charge in [-0.05, 0) is 38.9 Å². The Morgan fingerprint density at radius 1 is 1.25 bits per heavy atom. The molecule has 2 nitrogen and oxygen atoms in total. The molecule has 0 aliphatic carbocycles. The topological polar surface area (TPSA) is 21.3 Å². The van der Waals surface area contributed by atoms with E-state index in [2.05, 4.69) is 51.7 Å². The number of methoxy groups -OCH3 is 1. The zero-order valence-electron chi connectivity index (χ0n) is 11.8. The SMILES string of the molecule is COCCCSC(CNC(C)(C)C)C(C)C. The highest BCUT2D eigenvalue weighted by atomic mass is 32.2. The van der Waals surface area contributed by atoms with Crippen LogP contribution in [0.4, 0.5) is 0 Å². The van der Waals surface area contributed by atoms with Crippen molar-refractivity contribution >= 4 is 11.8 Å². The number of hydrogen-bond donors (Lipinski definition) is 1. The van der Waals surface area contributed by atoms with Crippen molar-refractivity contribution in [3.63, 3.8) is 0 Å². The molecule has 1 unspecified atom stereocenters. The van der Waals surface area contributed by atoms with Crippen molar-refractivity contribution in [2.75, 3.05) is 26.0 Å². The summed E-state index contributed by atoms with van der Waals surface area (Å²) in [6.07, 6.45) is 1.15. The molecule has 0 rings (SSSR count). The Hall–Kier alpha value is 0.270. The smallest absolute Gasteiger partial charge is 0.0470 e. The number of thioether (sulfide) groups is 1. The summed E-state index contributed by atoms with van der Waals surface area (Å²) >= 11 is 2.07. The van der Waals surface area contributed by atoms with E-state index in [1.807, 2.05) is 0 Å². The second kappa shape index (κ2) is 8.37. The van der Waals surface area contributed by atoms with Gasteiger partial charge in [0.1, 0.15) is 0 Å². The van der Waals surface area contributed by atoms with Crippen LogP contribution in [0.1, 0.15) is 41.0 Å². The molecule has 0 aliphatic heterocycles. The van der Waals surface area contributed by atoms with Crippen LogP contribution >= 0.6 is 11.8 Å². The summed E-state index contributed by atoms with van der Waals surface area (Å²) in [7, 11) is 1.77. The molecule has 0 aromatic carbocycles. The molecule has 0 heterocycles. The summed E-state index contributed by atoms with van der Waals surface area (Å²) in [5, 5.41) is 4.30. The lowest BCUT2D eigenvalue weighted by molar-refractivity contribution is 0.200. The van der Waals surface area contributed by atoms with Crippen LogP contribution in [-0.2, 0) is 4.74 Å². The summed E-state index contributed by atoms with van der Waals surface area (Å²) in [5.41, 5.74) is 0.222. The molecule has 0 saturated heterocycles. The minimum Gasteiger partial charge on any atom is -0.385 e. The predicted molar refractivity (Wildman–Crippen MR) is 75.3 cm³/mol. The Bertz CT molecular complexity index is 166. The zero-order valence-corrected chi connectivity index (χ0v) is 12.6. The van der Waals surface area contributed by atoms with Gasteiger partial charge in [0.05, 0.1) is 0 Å². The Morgan fingerprint density at radius 3 is 2.31 bits per heavy atom. The van der Waals surface area contributed by atoms with Crippen LogP contribution in [0, 0.1) is 5.92 Å². The van der Waals surface area contributed by atoms with Gasteiger partial charge in [-0.2, -0.15) is 11.8 Å². The number of nitrogens with one attached hydrogen (secondary N) is 1. The standard InChI is InChI=1S/C13H29NOS/c1-11(2)12(10-14-13(3,4)5)16-9-7-8-15-6/h11-12,14H,7-10H2,1-6H3. The molecule has 0 aromatic rings. The molecular weight excluding hydrogens is 218 g/mol. The number of rotatable bonds is 8. The molecular formula is C13H29NOS. The van der Waals surface area contributed by atoms with E-state index in [9.17, 15) is 0 Å². The molecule has 0 spiro atoms. The van der Waals surface area contributed by atoms with Gasteiger partial charge in [-0.1, -0.05) is 13.8 Å². The van der Waals surface area contributed by atoms with E-state index in [-0.39, 0.29) is 5.54 Å². The van der Waals surface area contributed by atoms with Crippen molar-refractivity contribution in [1.82, 2.24) is 5.32 Å². The highest BCUT2D eigenvalue weighted by molar-refractivity contribution is 7.99. The van der Waals surface area contributed by atoms with E-state index in [1.165, 1.54) is 5.75 Å². The quantitative estimate of drug-likeness (QED) is 0.666. The number of hydrogen-bond acceptors (Lipinski definition) is 3. The second-order valence-corrected chi connectivity index (χ2v) is 6.98. The summed E-state index contributed by atoms with van der Waals surface area (Å²) in [4.78, 5) is 0. The third-order valence-electron chi connectivity index (χ3n) is 2.40. The molecule has 1 N–H and O–H groups in total. The fourth-order valence-electron chi connectivity index (χ4n) is 1.33. The minimum atomic E-state index is 0.222. The second-order valence-electron chi connectivity index (χ2n) is 5.63. The molecule has 0 saturated carbocycles. The first kappa shape index (κ1) is 16.3. The van der Waals surface area contributed by atoms with Crippen LogP contribution in [0.2, 0.25) is 0 Å². The van der Waals surface area contributed by atoms with Gasteiger partial charge in [0.25, 0.3) is 0 Å². The average Bonchev–Trinajstić information content (AvgIpc) is 2.14. The van der Waals surface area contributed by atoms with E-state index < -0.39 is 0 Å². The van der Waals surface area contributed by atoms with Gasteiger partial charge in [0.2, 0.25) is 0 Å². The van der Waals surface area contributed by atoms with Gasteiger partial charge >= 0.3 is 0 Å². The van der Waals surface area contributed by atoms with E-state index in [1.54, 1.807) is 7.11 Å². The van der Waals surface area contributed by atoms with Gasteiger partial charge in [-0.3, -0.25) is 0 Å². The molecule has 0 radical (unpaired) electrons. The molecule has 3 heteroatoms. The third kappa shape index (κ3) is 9.49. The van der Waals surface area contributed by atoms with E-state index in [0.29, 0.717) is 5.25 Å². The Balaban J connectivity index is 3.80. The van der Waals surface area contributed by atoms with Crippen LogP contribution in [-0.4, -0.2) is 36.8 Å². The highest BCUT2D eigenvalue weighted by Gasteiger charge is 2.17. The van der Waals surface area contributed by atoms with Crippen molar-refractivity contribution in [3.8, 4) is 0 Å². The summed E-state index contributed by atoms with van der Waals surface area (Å²) in [6, 6.07) is 0. The summed E-state index contributed by atoms with van der Waals surface area (Å²) in [6.45, 7) is 13.2. The normalized spacial score (nSPS) is 14.4. The summed E-state index contributed by atoms with van der Waals surface area (Å²) < 4.78 is 5.07. The van der Waals surface area contributed by atoms with Gasteiger partial charge in [0, 0.05) is 31.1 Å². The minimum absolute atomic E-state index is 0.222. The van der Waals surface area contributed by atoms with Gasteiger partial charge in [-0.15, -0.1) is 0 Å². The van der Waals surface area contributed by atoms with Gasteiger partial charge < -0.3 is 10.1 Å². The summed E-state index contributed by atoms with van der Waals surface area (Å²) in [5.74, 6) is 1.92. The lowest BCUT2D eigenvalue weighted by Gasteiger charge is -2.27. The van der Waals surface area contributed by atoms with Gasteiger partial charge in [0.15, 0.2) is 0 Å². The molecule has 16 heavy (non-hydrogen) atoms. The Morgan fingerprint density at radius 2 is 1.88 bits per heavy atom. The lowest BCUT2D eigenvalue weighted by atomic mass is 10.1. The molecule has 0 bridgehead atoms. The predicted octanol–water partition coefficient (Wildman–Crippen LogP) is 3.17. The largest absolute Gasteiger partial charge is 0.385 e. The van der Waals surface area contributed by atoms with Crippen LogP contribution in [0.15, 0.2) is 0 Å². The highest BCUT2D eigenvalue weighted by Crippen LogP contribution is 2.20. The maximum Gasteiger partial charge on any atom is 0.0470 e. The maximum absolute atomic E-state index is 5.07. The van der Waals surface area contributed by atoms with Gasteiger partial charge in [-0.25, -0.2) is 0 Å². The molecule has 98 valence electrons. The monoisotopic (exact) mass is 247 g/mol. The number of ether oxygens (including phenoxy) is 1. The van der Waals surface area contributed by atoms with Crippen molar-refractivity contribution in [2.24, 2.45) is 5.92 Å². The van der Waals surface area contributed by atoms with Crippen molar-refractivity contribution in [2.45, 2.75) is 51.8 Å². The van der Waals surface area contributed by atoms with Crippen molar-refractivity contribution in [3.05, 3.63) is 0 Å². The van der Waals surface area contributed by atoms with Crippen LogP contribution in [0.3, 0.4) is 0 Å². The molecule has 1 atom stereocenters. The fraction of sp³-hybridized carbons (Fsp3) is 1.00. The molecule has 0 aliphatic rings. The molecule has 0 amide bonds. The first-order valence-corrected chi connectivity index (χ1v) is 7.27. The maximum atomic E-state index is 5.07. The van der Waals surface area contributed by atoms with E-state index in [4.69, 9.17) is 4.74 Å².